The van der Waals surface area contributed by atoms with E-state index in [1.54, 1.807) is 7.11 Å². The zero-order chi connectivity index (χ0) is 12.8. The largest absolute Gasteiger partial charge is 0.478 e. The number of aromatic carboxylic acids is 1. The molecule has 1 aromatic heterocycles. The molecule has 1 aromatic rings. The van der Waals surface area contributed by atoms with Gasteiger partial charge in [-0.2, -0.15) is 0 Å². The summed E-state index contributed by atoms with van der Waals surface area (Å²) in [5.41, 5.74) is 0.176. The molecule has 2 N–H and O–H groups in total. The van der Waals surface area contributed by atoms with Crippen molar-refractivity contribution in [2.75, 3.05) is 13.7 Å². The van der Waals surface area contributed by atoms with Gasteiger partial charge in [0.15, 0.2) is 0 Å². The number of methoxy groups -OCH3 is 1. The van der Waals surface area contributed by atoms with Gasteiger partial charge in [-0.05, 0) is 12.0 Å². The molecule has 0 spiro atoms. The van der Waals surface area contributed by atoms with E-state index in [9.17, 15) is 4.79 Å². The minimum Gasteiger partial charge on any atom is -0.478 e. The smallest absolute Gasteiger partial charge is 0.338 e. The maximum absolute atomic E-state index is 10.7. The summed E-state index contributed by atoms with van der Waals surface area (Å²) in [6.45, 7) is 5.31. The van der Waals surface area contributed by atoms with Crippen LogP contribution in [0.1, 0.15) is 30.0 Å². The fourth-order valence-corrected chi connectivity index (χ4v) is 1.48. The van der Waals surface area contributed by atoms with Crippen LogP contribution < -0.4 is 5.32 Å². The second kappa shape index (κ2) is 6.42. The van der Waals surface area contributed by atoms with Gasteiger partial charge >= 0.3 is 5.97 Å². The summed E-state index contributed by atoms with van der Waals surface area (Å²) in [5, 5.41) is 12.0. The Morgan fingerprint density at radius 2 is 2.29 bits per heavy atom. The lowest BCUT2D eigenvalue weighted by molar-refractivity contribution is 0.0696. The Morgan fingerprint density at radius 3 is 2.76 bits per heavy atom. The molecule has 0 saturated heterocycles. The first-order valence-corrected chi connectivity index (χ1v) is 5.57. The molecule has 5 heteroatoms. The van der Waals surface area contributed by atoms with Crippen LogP contribution in [0.5, 0.6) is 0 Å². The van der Waals surface area contributed by atoms with Crippen LogP contribution in [-0.2, 0) is 11.3 Å². The first kappa shape index (κ1) is 13.7. The summed E-state index contributed by atoms with van der Waals surface area (Å²) >= 11 is 0. The van der Waals surface area contributed by atoms with E-state index in [4.69, 9.17) is 14.3 Å². The number of hydrogen-bond donors (Lipinski definition) is 2. The second-order valence-electron chi connectivity index (χ2n) is 4.29. The standard InChI is InChI=1S/C12H19NO4/c1-8(2)11(7-16-3)13-5-10-4-9(6-17-10)12(14)15/h4,6,8,11,13H,5,7H2,1-3H3,(H,14,15). The summed E-state index contributed by atoms with van der Waals surface area (Å²) in [4.78, 5) is 10.7. The third-order valence-electron chi connectivity index (χ3n) is 2.59. The van der Waals surface area contributed by atoms with Crippen LogP contribution in [0.2, 0.25) is 0 Å². The van der Waals surface area contributed by atoms with Crippen molar-refractivity contribution in [2.45, 2.75) is 26.4 Å². The highest BCUT2D eigenvalue weighted by atomic mass is 16.5. The van der Waals surface area contributed by atoms with Gasteiger partial charge < -0.3 is 19.6 Å². The first-order chi connectivity index (χ1) is 8.04. The van der Waals surface area contributed by atoms with Gasteiger partial charge in [0.05, 0.1) is 18.7 Å². The van der Waals surface area contributed by atoms with Crippen molar-refractivity contribution in [1.82, 2.24) is 5.32 Å². The van der Waals surface area contributed by atoms with Crippen LogP contribution in [0, 0.1) is 5.92 Å². The van der Waals surface area contributed by atoms with Gasteiger partial charge in [0.1, 0.15) is 12.0 Å². The highest BCUT2D eigenvalue weighted by Crippen LogP contribution is 2.09. The number of carboxylic acids is 1. The fourth-order valence-electron chi connectivity index (χ4n) is 1.48. The molecule has 1 heterocycles. The highest BCUT2D eigenvalue weighted by Gasteiger charge is 2.14. The number of rotatable bonds is 7. The van der Waals surface area contributed by atoms with Crippen molar-refractivity contribution in [3.8, 4) is 0 Å². The van der Waals surface area contributed by atoms with Crippen molar-refractivity contribution in [3.63, 3.8) is 0 Å². The van der Waals surface area contributed by atoms with Gasteiger partial charge in [-0.15, -0.1) is 0 Å². The van der Waals surface area contributed by atoms with E-state index in [0.29, 0.717) is 24.8 Å². The number of furan rings is 1. The average Bonchev–Trinajstić information content (AvgIpc) is 2.72. The molecule has 0 saturated carbocycles. The highest BCUT2D eigenvalue weighted by molar-refractivity contribution is 5.87. The molecule has 0 aliphatic heterocycles. The molecule has 5 nitrogen and oxygen atoms in total. The van der Waals surface area contributed by atoms with E-state index in [2.05, 4.69) is 19.2 Å². The predicted molar refractivity (Wildman–Crippen MR) is 63.0 cm³/mol. The third kappa shape index (κ3) is 4.20. The molecule has 1 atom stereocenters. The molecule has 0 amide bonds. The Morgan fingerprint density at radius 1 is 1.59 bits per heavy atom. The quantitative estimate of drug-likeness (QED) is 0.760. The molecule has 1 unspecified atom stereocenters. The Bertz CT molecular complexity index is 359. The lowest BCUT2D eigenvalue weighted by atomic mass is 10.1. The summed E-state index contributed by atoms with van der Waals surface area (Å²) in [6.07, 6.45) is 1.25. The second-order valence-corrected chi connectivity index (χ2v) is 4.29. The minimum atomic E-state index is -0.975. The van der Waals surface area contributed by atoms with Crippen molar-refractivity contribution >= 4 is 5.97 Å². The Hall–Kier alpha value is -1.33. The normalized spacial score (nSPS) is 12.9. The Balaban J connectivity index is 2.50. The number of carboxylic acid groups (broad SMARTS) is 1. The van der Waals surface area contributed by atoms with Gasteiger partial charge in [0.2, 0.25) is 0 Å². The first-order valence-electron chi connectivity index (χ1n) is 5.57. The molecule has 0 aromatic carbocycles. The van der Waals surface area contributed by atoms with Crippen molar-refractivity contribution in [1.29, 1.82) is 0 Å². The molecule has 96 valence electrons. The number of ether oxygens (including phenoxy) is 1. The zero-order valence-electron chi connectivity index (χ0n) is 10.4. The summed E-state index contributed by atoms with van der Waals surface area (Å²) in [6, 6.07) is 1.75. The van der Waals surface area contributed by atoms with Gasteiger partial charge in [-0.3, -0.25) is 0 Å². The summed E-state index contributed by atoms with van der Waals surface area (Å²) < 4.78 is 10.3. The SMILES string of the molecule is COCC(NCc1cc(C(=O)O)co1)C(C)C. The average molecular weight is 241 g/mol. The van der Waals surface area contributed by atoms with Crippen molar-refractivity contribution < 1.29 is 19.1 Å². The minimum absolute atomic E-state index is 0.176. The molecule has 0 bridgehead atoms. The van der Waals surface area contributed by atoms with Gasteiger partial charge in [-0.25, -0.2) is 4.79 Å². The van der Waals surface area contributed by atoms with Crippen molar-refractivity contribution in [2.24, 2.45) is 5.92 Å². The van der Waals surface area contributed by atoms with Crippen molar-refractivity contribution in [3.05, 3.63) is 23.7 Å². The van der Waals surface area contributed by atoms with Crippen LogP contribution >= 0.6 is 0 Å². The summed E-state index contributed by atoms with van der Waals surface area (Å²) in [5.74, 6) is 0.0744. The third-order valence-corrected chi connectivity index (χ3v) is 2.59. The molecule has 0 aliphatic rings. The molecule has 1 rings (SSSR count). The van der Waals surface area contributed by atoms with Crippen LogP contribution in [0.3, 0.4) is 0 Å². The zero-order valence-corrected chi connectivity index (χ0v) is 10.4. The lowest BCUT2D eigenvalue weighted by Gasteiger charge is -2.20. The van der Waals surface area contributed by atoms with E-state index >= 15 is 0 Å². The molecule has 17 heavy (non-hydrogen) atoms. The topological polar surface area (TPSA) is 71.7 Å². The van der Waals surface area contributed by atoms with E-state index in [1.807, 2.05) is 0 Å². The molecular formula is C12H19NO4. The fraction of sp³-hybridized carbons (Fsp3) is 0.583. The van der Waals surface area contributed by atoms with Gasteiger partial charge in [0, 0.05) is 13.2 Å². The number of hydrogen-bond acceptors (Lipinski definition) is 4. The maximum atomic E-state index is 10.7. The number of nitrogens with one attached hydrogen (secondary N) is 1. The van der Waals surface area contributed by atoms with Crippen LogP contribution in [0.4, 0.5) is 0 Å². The van der Waals surface area contributed by atoms with Crippen LogP contribution in [-0.4, -0.2) is 30.8 Å². The van der Waals surface area contributed by atoms with Gasteiger partial charge in [0.25, 0.3) is 0 Å². The molecule has 0 radical (unpaired) electrons. The molecule has 0 fully saturated rings. The Labute approximate surface area is 101 Å². The van der Waals surface area contributed by atoms with E-state index in [0.717, 1.165) is 0 Å². The van der Waals surface area contributed by atoms with Gasteiger partial charge in [-0.1, -0.05) is 13.8 Å². The monoisotopic (exact) mass is 241 g/mol. The maximum Gasteiger partial charge on any atom is 0.338 e. The van der Waals surface area contributed by atoms with E-state index < -0.39 is 5.97 Å². The van der Waals surface area contributed by atoms with E-state index in [1.165, 1.54) is 12.3 Å². The molecule has 0 aliphatic carbocycles. The van der Waals surface area contributed by atoms with E-state index in [-0.39, 0.29) is 11.6 Å². The number of carbonyl (C=O) groups is 1. The lowest BCUT2D eigenvalue weighted by Crippen LogP contribution is -2.37. The van der Waals surface area contributed by atoms with Crippen LogP contribution in [0.15, 0.2) is 16.7 Å². The molecular weight excluding hydrogens is 222 g/mol. The Kier molecular flexibility index (Phi) is 5.18. The predicted octanol–water partition coefficient (Wildman–Crippen LogP) is 1.74. The van der Waals surface area contributed by atoms with Crippen LogP contribution in [0.25, 0.3) is 0 Å². The summed E-state index contributed by atoms with van der Waals surface area (Å²) in [7, 11) is 1.66.